The standard InChI is InChI=1S/C19H19ClN4O2/c1-19(6-7-19)24-10-4-5-11(25)13-15(23-26-16(13)9-2-3-9)12(10)14-17(20)21-8-22-18(14)24/h8-9,11,25H,2-7H2,1H3/t11-/m1/s1. The van der Waals surface area contributed by atoms with Crippen LogP contribution < -0.4 is 0 Å². The minimum atomic E-state index is -0.557. The van der Waals surface area contributed by atoms with Gasteiger partial charge >= 0.3 is 0 Å². The second-order valence-electron chi connectivity index (χ2n) is 8.15. The lowest BCUT2D eigenvalue weighted by Gasteiger charge is -2.17. The molecule has 0 radical (unpaired) electrons. The third-order valence-corrected chi connectivity index (χ3v) is 6.53. The summed E-state index contributed by atoms with van der Waals surface area (Å²) in [6.45, 7) is 2.25. The summed E-state index contributed by atoms with van der Waals surface area (Å²) in [6.07, 6.45) is 6.82. The number of rotatable bonds is 2. The molecule has 0 amide bonds. The molecule has 0 aliphatic heterocycles. The summed E-state index contributed by atoms with van der Waals surface area (Å²) in [5.74, 6) is 1.25. The molecule has 3 aromatic heterocycles. The van der Waals surface area contributed by atoms with Gasteiger partial charge in [-0.15, -0.1) is 0 Å². The van der Waals surface area contributed by atoms with Crippen molar-refractivity contribution in [3.63, 3.8) is 0 Å². The molecule has 7 heteroatoms. The van der Waals surface area contributed by atoms with Gasteiger partial charge in [0.2, 0.25) is 0 Å². The summed E-state index contributed by atoms with van der Waals surface area (Å²) in [6, 6.07) is 0. The Hall–Kier alpha value is -1.92. The maximum Gasteiger partial charge on any atom is 0.146 e. The van der Waals surface area contributed by atoms with Crippen LogP contribution in [0.25, 0.3) is 22.3 Å². The van der Waals surface area contributed by atoms with Crippen LogP contribution in [0.5, 0.6) is 0 Å². The van der Waals surface area contributed by atoms with Gasteiger partial charge in [0.1, 0.15) is 28.6 Å². The molecule has 0 unspecified atom stereocenters. The lowest BCUT2D eigenvalue weighted by molar-refractivity contribution is 0.165. The molecular weight excluding hydrogens is 352 g/mol. The molecule has 3 aliphatic rings. The number of hydrogen-bond donors (Lipinski definition) is 1. The van der Waals surface area contributed by atoms with Gasteiger partial charge in [-0.25, -0.2) is 9.97 Å². The molecule has 3 aliphatic carbocycles. The van der Waals surface area contributed by atoms with Crippen molar-refractivity contribution in [2.45, 2.75) is 63.0 Å². The molecule has 1 N–H and O–H groups in total. The van der Waals surface area contributed by atoms with E-state index in [-0.39, 0.29) is 5.54 Å². The van der Waals surface area contributed by atoms with Gasteiger partial charge in [-0.2, -0.15) is 0 Å². The fourth-order valence-corrected chi connectivity index (χ4v) is 4.69. The van der Waals surface area contributed by atoms with Crippen LogP contribution in [0, 0.1) is 0 Å². The van der Waals surface area contributed by atoms with Gasteiger partial charge in [-0.05, 0) is 45.4 Å². The van der Waals surface area contributed by atoms with Crippen LogP contribution in [0.3, 0.4) is 0 Å². The summed E-state index contributed by atoms with van der Waals surface area (Å²) in [7, 11) is 0. The number of hydrogen-bond acceptors (Lipinski definition) is 5. The molecular formula is C19H19ClN4O2. The molecule has 3 heterocycles. The van der Waals surface area contributed by atoms with Gasteiger partial charge in [-0.3, -0.25) is 0 Å². The lowest BCUT2D eigenvalue weighted by atomic mass is 10.0. The third-order valence-electron chi connectivity index (χ3n) is 6.24. The Morgan fingerprint density at radius 3 is 2.81 bits per heavy atom. The zero-order chi connectivity index (χ0) is 17.6. The Balaban J connectivity index is 1.73. The number of nitrogens with zero attached hydrogens (tertiary/aromatic N) is 4. The molecule has 26 heavy (non-hydrogen) atoms. The van der Waals surface area contributed by atoms with Crippen LogP contribution >= 0.6 is 11.6 Å². The van der Waals surface area contributed by atoms with E-state index in [4.69, 9.17) is 16.1 Å². The van der Waals surface area contributed by atoms with Gasteiger partial charge in [-0.1, -0.05) is 16.8 Å². The van der Waals surface area contributed by atoms with Gasteiger partial charge in [0.15, 0.2) is 0 Å². The number of aliphatic hydroxyl groups excluding tert-OH is 1. The van der Waals surface area contributed by atoms with E-state index in [9.17, 15) is 5.11 Å². The Kier molecular flexibility index (Phi) is 2.84. The largest absolute Gasteiger partial charge is 0.388 e. The maximum absolute atomic E-state index is 10.9. The molecule has 3 aromatic rings. The summed E-state index contributed by atoms with van der Waals surface area (Å²) in [5, 5.41) is 16.5. The summed E-state index contributed by atoms with van der Waals surface area (Å²) in [4.78, 5) is 8.80. The second-order valence-corrected chi connectivity index (χ2v) is 8.51. The number of fused-ring (bicyclic) bond motifs is 5. The van der Waals surface area contributed by atoms with Gasteiger partial charge < -0.3 is 14.2 Å². The number of aliphatic hydroxyl groups is 1. The quantitative estimate of drug-likeness (QED) is 0.687. The van der Waals surface area contributed by atoms with E-state index >= 15 is 0 Å². The van der Waals surface area contributed by atoms with E-state index in [1.165, 1.54) is 6.33 Å². The van der Waals surface area contributed by atoms with Crippen molar-refractivity contribution < 1.29 is 9.63 Å². The monoisotopic (exact) mass is 370 g/mol. The highest BCUT2D eigenvalue weighted by Gasteiger charge is 2.45. The fourth-order valence-electron chi connectivity index (χ4n) is 4.47. The van der Waals surface area contributed by atoms with Crippen molar-refractivity contribution in [2.75, 3.05) is 0 Å². The molecule has 134 valence electrons. The van der Waals surface area contributed by atoms with Crippen molar-refractivity contribution in [3.8, 4) is 11.3 Å². The molecule has 0 aromatic carbocycles. The fraction of sp³-hybridized carbons (Fsp3) is 0.526. The maximum atomic E-state index is 10.9. The first kappa shape index (κ1) is 15.2. The Bertz CT molecular complexity index is 1060. The van der Waals surface area contributed by atoms with Crippen molar-refractivity contribution in [1.29, 1.82) is 0 Å². The van der Waals surface area contributed by atoms with E-state index in [0.717, 1.165) is 71.4 Å². The van der Waals surface area contributed by atoms with Crippen molar-refractivity contribution in [3.05, 3.63) is 28.5 Å². The summed E-state index contributed by atoms with van der Waals surface area (Å²) < 4.78 is 8.04. The molecule has 2 saturated carbocycles. The highest BCUT2D eigenvalue weighted by Crippen LogP contribution is 2.53. The molecule has 2 fully saturated rings. The van der Waals surface area contributed by atoms with Crippen LogP contribution in [0.2, 0.25) is 5.15 Å². The van der Waals surface area contributed by atoms with Crippen LogP contribution in [-0.2, 0) is 12.0 Å². The molecule has 0 spiro atoms. The molecule has 1 atom stereocenters. The van der Waals surface area contributed by atoms with Crippen LogP contribution in [0.4, 0.5) is 0 Å². The third kappa shape index (κ3) is 1.89. The predicted molar refractivity (Wildman–Crippen MR) is 96.2 cm³/mol. The van der Waals surface area contributed by atoms with E-state index in [1.54, 1.807) is 0 Å². The normalized spacial score (nSPS) is 23.6. The molecule has 0 saturated heterocycles. The van der Waals surface area contributed by atoms with E-state index < -0.39 is 6.10 Å². The first-order chi connectivity index (χ1) is 12.6. The molecule has 6 nitrogen and oxygen atoms in total. The SMILES string of the molecule is CC1(n2c3c(c4c(Cl)ncnc42)-c2noc(C4CC4)c2[C@H](O)CC3)CC1. The average Bonchev–Trinajstić information content (AvgIpc) is 3.53. The highest BCUT2D eigenvalue weighted by molar-refractivity contribution is 6.35. The Labute approximate surface area is 155 Å². The zero-order valence-electron chi connectivity index (χ0n) is 14.5. The van der Waals surface area contributed by atoms with Crippen LogP contribution in [0.15, 0.2) is 10.9 Å². The van der Waals surface area contributed by atoms with Gasteiger partial charge in [0.25, 0.3) is 0 Å². The van der Waals surface area contributed by atoms with Gasteiger partial charge in [0, 0.05) is 22.7 Å². The number of aromatic nitrogens is 4. The first-order valence-electron chi connectivity index (χ1n) is 9.30. The van der Waals surface area contributed by atoms with Crippen molar-refractivity contribution >= 4 is 22.6 Å². The topological polar surface area (TPSA) is 77.0 Å². The van der Waals surface area contributed by atoms with E-state index in [0.29, 0.717) is 17.5 Å². The highest BCUT2D eigenvalue weighted by atomic mass is 35.5. The summed E-state index contributed by atoms with van der Waals surface area (Å²) in [5.41, 5.74) is 4.62. The Morgan fingerprint density at radius 1 is 1.27 bits per heavy atom. The minimum absolute atomic E-state index is 0.0576. The average molecular weight is 371 g/mol. The molecule has 6 rings (SSSR count). The van der Waals surface area contributed by atoms with Gasteiger partial charge in [0.05, 0.1) is 17.1 Å². The summed E-state index contributed by atoms with van der Waals surface area (Å²) >= 11 is 6.53. The predicted octanol–water partition coefficient (Wildman–Crippen LogP) is 4.11. The minimum Gasteiger partial charge on any atom is -0.388 e. The first-order valence-corrected chi connectivity index (χ1v) is 9.68. The van der Waals surface area contributed by atoms with Crippen LogP contribution in [0.1, 0.15) is 68.1 Å². The van der Waals surface area contributed by atoms with Crippen molar-refractivity contribution in [2.24, 2.45) is 0 Å². The smallest absolute Gasteiger partial charge is 0.146 e. The number of halogens is 1. The molecule has 0 bridgehead atoms. The van der Waals surface area contributed by atoms with Crippen molar-refractivity contribution in [1.82, 2.24) is 19.7 Å². The Morgan fingerprint density at radius 2 is 2.08 bits per heavy atom. The van der Waals surface area contributed by atoms with E-state index in [2.05, 4.69) is 26.6 Å². The lowest BCUT2D eigenvalue weighted by Crippen LogP contribution is -2.16. The zero-order valence-corrected chi connectivity index (χ0v) is 15.3. The van der Waals surface area contributed by atoms with Crippen LogP contribution in [-0.4, -0.2) is 24.8 Å². The second kappa shape index (κ2) is 4.87. The van der Waals surface area contributed by atoms with E-state index in [1.807, 2.05) is 0 Å².